The fraction of sp³-hybridized carbons (Fsp3) is 0.400. The molecule has 2 aromatic rings. The molecule has 0 aliphatic rings. The molecule has 130 valence electrons. The van der Waals surface area contributed by atoms with Crippen molar-refractivity contribution >= 4 is 11.6 Å². The molecule has 24 heavy (non-hydrogen) atoms. The van der Waals surface area contributed by atoms with Crippen LogP contribution in [0.2, 0.25) is 0 Å². The predicted molar refractivity (Wildman–Crippen MR) is 80.3 cm³/mol. The Morgan fingerprint density at radius 2 is 2.00 bits per heavy atom. The maximum atomic E-state index is 12.5. The minimum absolute atomic E-state index is 0.0367. The van der Waals surface area contributed by atoms with Crippen LogP contribution in [0, 0.1) is 0 Å². The highest BCUT2D eigenvalue weighted by molar-refractivity contribution is 5.84. The number of amides is 1. The van der Waals surface area contributed by atoms with Gasteiger partial charge in [0.25, 0.3) is 0 Å². The van der Waals surface area contributed by atoms with E-state index in [1.54, 1.807) is 12.1 Å². The fourth-order valence-electron chi connectivity index (χ4n) is 2.38. The van der Waals surface area contributed by atoms with Crippen molar-refractivity contribution in [1.29, 1.82) is 0 Å². The Morgan fingerprint density at radius 1 is 1.33 bits per heavy atom. The number of para-hydroxylation sites is 1. The van der Waals surface area contributed by atoms with Crippen molar-refractivity contribution in [3.8, 4) is 0 Å². The summed E-state index contributed by atoms with van der Waals surface area (Å²) in [4.78, 5) is 17.0. The average Bonchev–Trinajstić information content (AvgIpc) is 2.96. The first-order chi connectivity index (χ1) is 11.2. The van der Waals surface area contributed by atoms with Crippen LogP contribution < -0.4 is 10.6 Å². The van der Waals surface area contributed by atoms with Crippen LogP contribution in [0.4, 0.5) is 18.9 Å². The number of nitrogens with two attached hydrogens (primary N) is 1. The molecule has 0 spiro atoms. The number of nitrogens with zero attached hydrogens (tertiary/aromatic N) is 3. The molecule has 0 saturated heterocycles. The Hall–Kier alpha value is -2.58. The lowest BCUT2D eigenvalue weighted by molar-refractivity contribution is -0.159. The van der Waals surface area contributed by atoms with Crippen LogP contribution in [0.15, 0.2) is 28.8 Å². The van der Waals surface area contributed by atoms with Gasteiger partial charge in [-0.3, -0.25) is 4.79 Å². The number of aromatic nitrogens is 2. The summed E-state index contributed by atoms with van der Waals surface area (Å²) in [7, 11) is 3.65. The second-order valence-corrected chi connectivity index (χ2v) is 5.46. The molecule has 0 aliphatic heterocycles. The molecule has 2 N–H and O–H groups in total. The third-order valence-electron chi connectivity index (χ3n) is 3.50. The smallest absolute Gasteiger partial charge is 0.377 e. The van der Waals surface area contributed by atoms with Crippen molar-refractivity contribution in [2.24, 2.45) is 5.73 Å². The lowest BCUT2D eigenvalue weighted by Gasteiger charge is -2.22. The number of primary amides is 1. The second kappa shape index (κ2) is 6.90. The Morgan fingerprint density at radius 3 is 2.54 bits per heavy atom. The van der Waals surface area contributed by atoms with E-state index in [1.807, 2.05) is 31.1 Å². The first-order valence-corrected chi connectivity index (χ1v) is 7.15. The SMILES string of the molecule is CN(C)c1ccccc1C(CCc1noc(C(F)(F)F)n1)C(N)=O. The third kappa shape index (κ3) is 4.03. The van der Waals surface area contributed by atoms with E-state index in [9.17, 15) is 18.0 Å². The number of hydrogen-bond donors (Lipinski definition) is 1. The van der Waals surface area contributed by atoms with Crippen molar-refractivity contribution in [2.45, 2.75) is 24.9 Å². The predicted octanol–water partition coefficient (Wildman–Crippen LogP) is 2.36. The maximum Gasteiger partial charge on any atom is 0.471 e. The molecule has 1 aromatic heterocycles. The molecule has 0 fully saturated rings. The summed E-state index contributed by atoms with van der Waals surface area (Å²) in [6.45, 7) is 0. The summed E-state index contributed by atoms with van der Waals surface area (Å²) in [6.07, 6.45) is -4.47. The van der Waals surface area contributed by atoms with Crippen LogP contribution in [0.3, 0.4) is 0 Å². The van der Waals surface area contributed by atoms with Gasteiger partial charge in [0, 0.05) is 26.2 Å². The van der Waals surface area contributed by atoms with E-state index in [0.29, 0.717) is 5.56 Å². The molecule has 9 heteroatoms. The molecular formula is C15H17F3N4O2. The van der Waals surface area contributed by atoms with E-state index in [2.05, 4.69) is 14.7 Å². The lowest BCUT2D eigenvalue weighted by Crippen LogP contribution is -2.24. The number of carbonyl (C=O) groups excluding carboxylic acids is 1. The summed E-state index contributed by atoms with van der Waals surface area (Å²) >= 11 is 0. The topological polar surface area (TPSA) is 85.2 Å². The standard InChI is InChI=1S/C15H17F3N4O2/c1-22(2)11-6-4-3-5-9(11)10(13(19)23)7-8-12-20-14(24-21-12)15(16,17)18/h3-6,10H,7-8H2,1-2H3,(H2,19,23). The van der Waals surface area contributed by atoms with E-state index in [-0.39, 0.29) is 18.7 Å². The summed E-state index contributed by atoms with van der Waals surface area (Å²) in [5.74, 6) is -2.75. The minimum atomic E-state index is -4.69. The Labute approximate surface area is 136 Å². The molecule has 2 rings (SSSR count). The highest BCUT2D eigenvalue weighted by Crippen LogP contribution is 2.31. The quantitative estimate of drug-likeness (QED) is 0.871. The Kier molecular flexibility index (Phi) is 5.10. The van der Waals surface area contributed by atoms with Crippen molar-refractivity contribution < 1.29 is 22.5 Å². The van der Waals surface area contributed by atoms with E-state index >= 15 is 0 Å². The highest BCUT2D eigenvalue weighted by atomic mass is 19.4. The van der Waals surface area contributed by atoms with Gasteiger partial charge in [0.2, 0.25) is 5.91 Å². The van der Waals surface area contributed by atoms with Gasteiger partial charge in [-0.2, -0.15) is 18.2 Å². The Bertz CT molecular complexity index is 713. The van der Waals surface area contributed by atoms with Gasteiger partial charge < -0.3 is 15.2 Å². The maximum absolute atomic E-state index is 12.5. The number of aryl methyl sites for hydroxylation is 1. The zero-order valence-electron chi connectivity index (χ0n) is 13.2. The molecular weight excluding hydrogens is 325 g/mol. The van der Waals surface area contributed by atoms with E-state index in [1.165, 1.54) is 0 Å². The molecule has 0 bridgehead atoms. The number of carbonyl (C=O) groups is 1. The molecule has 1 heterocycles. The van der Waals surface area contributed by atoms with Crippen molar-refractivity contribution in [3.63, 3.8) is 0 Å². The monoisotopic (exact) mass is 342 g/mol. The fourth-order valence-corrected chi connectivity index (χ4v) is 2.38. The summed E-state index contributed by atoms with van der Waals surface area (Å²) in [5.41, 5.74) is 6.99. The van der Waals surface area contributed by atoms with Crippen LogP contribution in [0.5, 0.6) is 0 Å². The van der Waals surface area contributed by atoms with E-state index in [4.69, 9.17) is 5.73 Å². The second-order valence-electron chi connectivity index (χ2n) is 5.46. The molecule has 1 unspecified atom stereocenters. The summed E-state index contributed by atoms with van der Waals surface area (Å²) in [6, 6.07) is 7.20. The minimum Gasteiger partial charge on any atom is -0.377 e. The van der Waals surface area contributed by atoms with Crippen LogP contribution in [-0.4, -0.2) is 30.1 Å². The molecule has 0 radical (unpaired) electrons. The lowest BCUT2D eigenvalue weighted by atomic mass is 9.91. The van der Waals surface area contributed by atoms with E-state index in [0.717, 1.165) is 5.69 Å². The first kappa shape index (κ1) is 17.8. The van der Waals surface area contributed by atoms with Crippen LogP contribution in [0.25, 0.3) is 0 Å². The number of alkyl halides is 3. The van der Waals surface area contributed by atoms with Gasteiger partial charge in [-0.25, -0.2) is 0 Å². The Balaban J connectivity index is 2.19. The van der Waals surface area contributed by atoms with Crippen molar-refractivity contribution in [1.82, 2.24) is 10.1 Å². The number of halogens is 3. The number of anilines is 1. The zero-order valence-corrected chi connectivity index (χ0v) is 13.2. The first-order valence-electron chi connectivity index (χ1n) is 7.15. The largest absolute Gasteiger partial charge is 0.471 e. The van der Waals surface area contributed by atoms with Gasteiger partial charge >= 0.3 is 12.1 Å². The normalized spacial score (nSPS) is 12.9. The molecule has 0 saturated carbocycles. The molecule has 1 atom stereocenters. The summed E-state index contributed by atoms with van der Waals surface area (Å²) < 4.78 is 41.6. The third-order valence-corrected chi connectivity index (χ3v) is 3.50. The van der Waals surface area contributed by atoms with Gasteiger partial charge in [0.05, 0.1) is 5.92 Å². The van der Waals surface area contributed by atoms with Crippen LogP contribution >= 0.6 is 0 Å². The van der Waals surface area contributed by atoms with Crippen molar-refractivity contribution in [2.75, 3.05) is 19.0 Å². The average molecular weight is 342 g/mol. The number of hydrogen-bond acceptors (Lipinski definition) is 5. The molecule has 6 nitrogen and oxygen atoms in total. The highest BCUT2D eigenvalue weighted by Gasteiger charge is 2.38. The number of rotatable bonds is 6. The zero-order chi connectivity index (χ0) is 17.9. The van der Waals surface area contributed by atoms with Crippen LogP contribution in [0.1, 0.15) is 29.6 Å². The summed E-state index contributed by atoms with van der Waals surface area (Å²) in [5, 5.41) is 3.30. The molecule has 0 aliphatic carbocycles. The van der Waals surface area contributed by atoms with Crippen molar-refractivity contribution in [3.05, 3.63) is 41.5 Å². The molecule has 1 aromatic carbocycles. The van der Waals surface area contributed by atoms with E-state index < -0.39 is 23.9 Å². The van der Waals surface area contributed by atoms with Gasteiger partial charge in [-0.05, 0) is 18.1 Å². The van der Waals surface area contributed by atoms with Gasteiger partial charge in [0.15, 0.2) is 5.82 Å². The van der Waals surface area contributed by atoms with Gasteiger partial charge in [-0.15, -0.1) is 0 Å². The number of benzene rings is 1. The van der Waals surface area contributed by atoms with Gasteiger partial charge in [0.1, 0.15) is 0 Å². The van der Waals surface area contributed by atoms with Gasteiger partial charge in [-0.1, -0.05) is 23.4 Å². The molecule has 1 amide bonds. The van der Waals surface area contributed by atoms with Crippen LogP contribution in [-0.2, 0) is 17.4 Å².